The number of hydrogen-bond donors (Lipinski definition) is 3. The highest BCUT2D eigenvalue weighted by molar-refractivity contribution is 6.11. The fourth-order valence-electron chi connectivity index (χ4n) is 2.35. The van der Waals surface area contributed by atoms with Crippen molar-refractivity contribution >= 4 is 23.2 Å². The highest BCUT2D eigenvalue weighted by atomic mass is 16.3. The SMILES string of the molecule is O=C(Nc1ccccc1)c1cccc(C(=O)Nc2ccccc2)c1O. The van der Waals surface area contributed by atoms with Gasteiger partial charge in [0.25, 0.3) is 11.8 Å². The minimum atomic E-state index is -0.488. The summed E-state index contributed by atoms with van der Waals surface area (Å²) in [5, 5.41) is 15.7. The summed E-state index contributed by atoms with van der Waals surface area (Å²) in [6, 6.07) is 22.3. The molecule has 0 bridgehead atoms. The first-order valence-electron chi connectivity index (χ1n) is 7.70. The van der Waals surface area contributed by atoms with Crippen LogP contribution in [0.1, 0.15) is 20.7 Å². The summed E-state index contributed by atoms with van der Waals surface area (Å²) in [7, 11) is 0. The number of carbonyl (C=O) groups excluding carboxylic acids is 2. The summed E-state index contributed by atoms with van der Waals surface area (Å²) in [4.78, 5) is 24.7. The van der Waals surface area contributed by atoms with Gasteiger partial charge in [-0.25, -0.2) is 0 Å². The van der Waals surface area contributed by atoms with E-state index in [4.69, 9.17) is 0 Å². The number of rotatable bonds is 4. The van der Waals surface area contributed by atoms with E-state index in [1.54, 1.807) is 54.6 Å². The van der Waals surface area contributed by atoms with Crippen LogP contribution in [0.25, 0.3) is 0 Å². The van der Waals surface area contributed by atoms with E-state index in [0.717, 1.165) is 0 Å². The molecule has 0 aliphatic heterocycles. The molecule has 0 aliphatic rings. The van der Waals surface area contributed by atoms with Crippen molar-refractivity contribution in [2.24, 2.45) is 0 Å². The number of phenols is 1. The monoisotopic (exact) mass is 332 g/mol. The molecule has 0 aromatic heterocycles. The third-order valence-corrected chi connectivity index (χ3v) is 3.59. The maximum absolute atomic E-state index is 12.4. The molecule has 0 fully saturated rings. The molecule has 3 aromatic rings. The zero-order chi connectivity index (χ0) is 17.6. The molecule has 3 N–H and O–H groups in total. The number of nitrogens with one attached hydrogen (secondary N) is 2. The van der Waals surface area contributed by atoms with Crippen molar-refractivity contribution in [1.82, 2.24) is 0 Å². The Kier molecular flexibility index (Phi) is 4.76. The highest BCUT2D eigenvalue weighted by Crippen LogP contribution is 2.24. The fourth-order valence-corrected chi connectivity index (χ4v) is 2.35. The zero-order valence-electron chi connectivity index (χ0n) is 13.3. The Labute approximate surface area is 144 Å². The summed E-state index contributed by atoms with van der Waals surface area (Å²) in [5.41, 5.74) is 1.27. The van der Waals surface area contributed by atoms with Crippen molar-refractivity contribution in [2.45, 2.75) is 0 Å². The van der Waals surface area contributed by atoms with Gasteiger partial charge >= 0.3 is 0 Å². The molecular weight excluding hydrogens is 316 g/mol. The van der Waals surface area contributed by atoms with Crippen molar-refractivity contribution in [2.75, 3.05) is 10.6 Å². The number of hydrogen-bond acceptors (Lipinski definition) is 3. The lowest BCUT2D eigenvalue weighted by Gasteiger charge is -2.11. The maximum Gasteiger partial charge on any atom is 0.259 e. The first-order valence-corrected chi connectivity index (χ1v) is 7.70. The van der Waals surface area contributed by atoms with Crippen LogP contribution in [0.4, 0.5) is 11.4 Å². The van der Waals surface area contributed by atoms with Gasteiger partial charge in [-0.15, -0.1) is 0 Å². The second-order valence-corrected chi connectivity index (χ2v) is 5.34. The van der Waals surface area contributed by atoms with Crippen molar-refractivity contribution in [3.05, 3.63) is 90.0 Å². The molecular formula is C20H16N2O3. The molecule has 5 nitrogen and oxygen atoms in total. The lowest BCUT2D eigenvalue weighted by atomic mass is 10.1. The van der Waals surface area contributed by atoms with Gasteiger partial charge in [-0.1, -0.05) is 42.5 Å². The summed E-state index contributed by atoms with van der Waals surface area (Å²) >= 11 is 0. The second kappa shape index (κ2) is 7.31. The number of benzene rings is 3. The molecule has 0 aliphatic carbocycles. The second-order valence-electron chi connectivity index (χ2n) is 5.34. The summed E-state index contributed by atoms with van der Waals surface area (Å²) in [5.74, 6) is -1.33. The van der Waals surface area contributed by atoms with Gasteiger partial charge in [-0.2, -0.15) is 0 Å². The third-order valence-electron chi connectivity index (χ3n) is 3.59. The number of anilines is 2. The van der Waals surface area contributed by atoms with Crippen LogP contribution in [0, 0.1) is 0 Å². The molecule has 124 valence electrons. The fraction of sp³-hybridized carbons (Fsp3) is 0. The maximum atomic E-state index is 12.4. The predicted octanol–water partition coefficient (Wildman–Crippen LogP) is 3.90. The van der Waals surface area contributed by atoms with Gasteiger partial charge in [-0.05, 0) is 36.4 Å². The molecule has 0 spiro atoms. The molecule has 0 radical (unpaired) electrons. The van der Waals surface area contributed by atoms with Crippen molar-refractivity contribution in [3.8, 4) is 5.75 Å². The van der Waals surface area contributed by atoms with Gasteiger partial charge in [0.15, 0.2) is 0 Å². The quantitative estimate of drug-likeness (QED) is 0.678. The van der Waals surface area contributed by atoms with E-state index in [-0.39, 0.29) is 16.9 Å². The largest absolute Gasteiger partial charge is 0.506 e. The van der Waals surface area contributed by atoms with Crippen molar-refractivity contribution in [1.29, 1.82) is 0 Å². The van der Waals surface area contributed by atoms with E-state index in [0.29, 0.717) is 11.4 Å². The van der Waals surface area contributed by atoms with E-state index < -0.39 is 11.8 Å². The van der Waals surface area contributed by atoms with Gasteiger partial charge in [0.2, 0.25) is 0 Å². The lowest BCUT2D eigenvalue weighted by molar-refractivity contribution is 0.102. The first kappa shape index (κ1) is 16.3. The molecule has 25 heavy (non-hydrogen) atoms. The van der Waals surface area contributed by atoms with Crippen LogP contribution in [0.2, 0.25) is 0 Å². The molecule has 2 amide bonds. The molecule has 0 heterocycles. The molecule has 3 rings (SSSR count). The van der Waals surface area contributed by atoms with Crippen molar-refractivity contribution < 1.29 is 14.7 Å². The van der Waals surface area contributed by atoms with Gasteiger partial charge in [0.05, 0.1) is 11.1 Å². The van der Waals surface area contributed by atoms with Crippen LogP contribution >= 0.6 is 0 Å². The summed E-state index contributed by atoms with van der Waals surface area (Å²) in [6.45, 7) is 0. The minimum absolute atomic E-state index is 0.0320. The van der Waals surface area contributed by atoms with E-state index >= 15 is 0 Å². The van der Waals surface area contributed by atoms with Crippen LogP contribution in [-0.4, -0.2) is 16.9 Å². The number of carbonyl (C=O) groups is 2. The van der Waals surface area contributed by atoms with Crippen LogP contribution in [0.15, 0.2) is 78.9 Å². The normalized spacial score (nSPS) is 10.1. The topological polar surface area (TPSA) is 78.4 Å². The smallest absolute Gasteiger partial charge is 0.259 e. The van der Waals surface area contributed by atoms with E-state index in [1.165, 1.54) is 12.1 Å². The third kappa shape index (κ3) is 3.84. The Morgan fingerprint density at radius 3 is 1.40 bits per heavy atom. The molecule has 0 saturated carbocycles. The Morgan fingerprint density at radius 2 is 1.00 bits per heavy atom. The van der Waals surface area contributed by atoms with Crippen molar-refractivity contribution in [3.63, 3.8) is 0 Å². The van der Waals surface area contributed by atoms with Gasteiger partial charge in [0.1, 0.15) is 5.75 Å². The van der Waals surface area contributed by atoms with Crippen LogP contribution in [0.3, 0.4) is 0 Å². The highest BCUT2D eigenvalue weighted by Gasteiger charge is 2.18. The molecule has 0 unspecified atom stereocenters. The van der Waals surface area contributed by atoms with E-state index in [2.05, 4.69) is 10.6 Å². The van der Waals surface area contributed by atoms with Gasteiger partial charge in [-0.3, -0.25) is 9.59 Å². The van der Waals surface area contributed by atoms with Gasteiger partial charge in [0, 0.05) is 11.4 Å². The average Bonchev–Trinajstić information content (AvgIpc) is 2.63. The Morgan fingerprint density at radius 1 is 0.600 bits per heavy atom. The average molecular weight is 332 g/mol. The first-order chi connectivity index (χ1) is 12.1. The number of para-hydroxylation sites is 3. The molecule has 5 heteroatoms. The molecule has 0 atom stereocenters. The molecule has 0 saturated heterocycles. The Bertz CT molecular complexity index is 822. The van der Waals surface area contributed by atoms with Crippen LogP contribution < -0.4 is 10.6 Å². The van der Waals surface area contributed by atoms with E-state index in [1.807, 2.05) is 12.1 Å². The van der Waals surface area contributed by atoms with E-state index in [9.17, 15) is 14.7 Å². The van der Waals surface area contributed by atoms with Crippen LogP contribution in [-0.2, 0) is 0 Å². The van der Waals surface area contributed by atoms with Gasteiger partial charge < -0.3 is 15.7 Å². The zero-order valence-corrected chi connectivity index (χ0v) is 13.3. The lowest BCUT2D eigenvalue weighted by Crippen LogP contribution is -2.16. The number of aromatic hydroxyl groups is 1. The predicted molar refractivity (Wildman–Crippen MR) is 96.9 cm³/mol. The number of phenolic OH excluding ortho intramolecular Hbond substituents is 1. The minimum Gasteiger partial charge on any atom is -0.506 e. The number of amides is 2. The Balaban J connectivity index is 1.82. The standard InChI is InChI=1S/C20H16N2O3/c23-18-16(19(24)21-14-8-3-1-4-9-14)12-7-13-17(18)20(25)22-15-10-5-2-6-11-15/h1-13,23H,(H,21,24)(H,22,25). The summed E-state index contributed by atoms with van der Waals surface area (Å²) in [6.07, 6.45) is 0. The van der Waals surface area contributed by atoms with Crippen LogP contribution in [0.5, 0.6) is 5.75 Å². The molecule has 3 aromatic carbocycles. The Hall–Kier alpha value is -3.60. The summed E-state index contributed by atoms with van der Waals surface area (Å²) < 4.78 is 0.